The number of carbonyl (C=O) groups excluding carboxylic acids is 1. The summed E-state index contributed by atoms with van der Waals surface area (Å²) in [4.78, 5) is 20.0. The van der Waals surface area contributed by atoms with Crippen LogP contribution in [-0.4, -0.2) is 32.3 Å². The maximum absolute atomic E-state index is 11.6. The SMILES string of the molecule is CCOC(=O)c1ccc(NCc2ncn(-c3ccccc3)n2)nc1. The number of hydrogen-bond donors (Lipinski definition) is 1. The molecule has 0 saturated heterocycles. The zero-order valence-electron chi connectivity index (χ0n) is 13.2. The summed E-state index contributed by atoms with van der Waals surface area (Å²) < 4.78 is 6.64. The number of rotatable bonds is 6. The van der Waals surface area contributed by atoms with Crippen LogP contribution in [0.15, 0.2) is 55.0 Å². The molecule has 0 fully saturated rings. The van der Waals surface area contributed by atoms with Gasteiger partial charge in [0.05, 0.1) is 24.4 Å². The highest BCUT2D eigenvalue weighted by Gasteiger charge is 2.07. The van der Waals surface area contributed by atoms with Gasteiger partial charge in [0.25, 0.3) is 0 Å². The van der Waals surface area contributed by atoms with Crippen molar-refractivity contribution >= 4 is 11.8 Å². The summed E-state index contributed by atoms with van der Waals surface area (Å²) in [5.41, 5.74) is 1.38. The lowest BCUT2D eigenvalue weighted by Crippen LogP contribution is -2.07. The molecule has 2 heterocycles. The molecule has 0 atom stereocenters. The quantitative estimate of drug-likeness (QED) is 0.702. The standard InChI is InChI=1S/C17H17N5O2/c1-2-24-17(23)13-8-9-15(18-10-13)19-11-16-20-12-22(21-16)14-6-4-3-5-7-14/h3-10,12H,2,11H2,1H3,(H,18,19). The Hall–Kier alpha value is -3.22. The van der Waals surface area contributed by atoms with Crippen LogP contribution in [0.5, 0.6) is 0 Å². The summed E-state index contributed by atoms with van der Waals surface area (Å²) >= 11 is 0. The summed E-state index contributed by atoms with van der Waals surface area (Å²) in [6.45, 7) is 2.54. The fraction of sp³-hybridized carbons (Fsp3) is 0.176. The molecule has 0 radical (unpaired) electrons. The Morgan fingerprint density at radius 2 is 2.00 bits per heavy atom. The summed E-state index contributed by atoms with van der Waals surface area (Å²) in [7, 11) is 0. The van der Waals surface area contributed by atoms with E-state index >= 15 is 0 Å². The van der Waals surface area contributed by atoms with E-state index < -0.39 is 0 Å². The van der Waals surface area contributed by atoms with Gasteiger partial charge >= 0.3 is 5.97 Å². The van der Waals surface area contributed by atoms with E-state index in [1.807, 2.05) is 30.3 Å². The number of ether oxygens (including phenoxy) is 1. The number of aromatic nitrogens is 4. The molecule has 7 heteroatoms. The van der Waals surface area contributed by atoms with Crippen molar-refractivity contribution in [3.63, 3.8) is 0 Å². The van der Waals surface area contributed by atoms with E-state index in [1.165, 1.54) is 6.20 Å². The maximum atomic E-state index is 11.6. The molecule has 0 aliphatic rings. The van der Waals surface area contributed by atoms with Gasteiger partial charge in [-0.15, -0.1) is 5.10 Å². The van der Waals surface area contributed by atoms with Crippen LogP contribution in [0.4, 0.5) is 5.82 Å². The first-order valence-electron chi connectivity index (χ1n) is 7.59. The van der Waals surface area contributed by atoms with Crippen LogP contribution in [0.1, 0.15) is 23.1 Å². The Morgan fingerprint density at radius 1 is 1.17 bits per heavy atom. The predicted octanol–water partition coefficient (Wildman–Crippen LogP) is 2.45. The number of benzene rings is 1. The Morgan fingerprint density at radius 3 is 2.71 bits per heavy atom. The number of anilines is 1. The monoisotopic (exact) mass is 323 g/mol. The van der Waals surface area contributed by atoms with Gasteiger partial charge in [0.15, 0.2) is 5.82 Å². The van der Waals surface area contributed by atoms with Crippen molar-refractivity contribution in [2.75, 3.05) is 11.9 Å². The minimum Gasteiger partial charge on any atom is -0.462 e. The van der Waals surface area contributed by atoms with E-state index in [-0.39, 0.29) is 5.97 Å². The van der Waals surface area contributed by atoms with Crippen LogP contribution >= 0.6 is 0 Å². The highest BCUT2D eigenvalue weighted by Crippen LogP contribution is 2.09. The summed E-state index contributed by atoms with van der Waals surface area (Å²) in [5.74, 6) is 0.911. The van der Waals surface area contributed by atoms with E-state index in [2.05, 4.69) is 20.4 Å². The zero-order chi connectivity index (χ0) is 16.8. The average molecular weight is 323 g/mol. The molecule has 0 aliphatic carbocycles. The third kappa shape index (κ3) is 3.75. The second-order valence-electron chi connectivity index (χ2n) is 4.95. The van der Waals surface area contributed by atoms with Gasteiger partial charge in [-0.2, -0.15) is 0 Å². The zero-order valence-corrected chi connectivity index (χ0v) is 13.2. The molecule has 0 spiro atoms. The maximum Gasteiger partial charge on any atom is 0.339 e. The Balaban J connectivity index is 1.60. The van der Waals surface area contributed by atoms with Gasteiger partial charge in [-0.25, -0.2) is 19.4 Å². The first-order chi connectivity index (χ1) is 11.8. The van der Waals surface area contributed by atoms with Gasteiger partial charge in [0, 0.05) is 6.20 Å². The molecule has 1 aromatic carbocycles. The third-order valence-corrected chi connectivity index (χ3v) is 3.26. The number of nitrogens with one attached hydrogen (secondary N) is 1. The van der Waals surface area contributed by atoms with Gasteiger partial charge in [0.1, 0.15) is 12.1 Å². The fourth-order valence-corrected chi connectivity index (χ4v) is 2.09. The molecule has 0 aliphatic heterocycles. The minimum atomic E-state index is -0.375. The molecule has 3 aromatic rings. The molecule has 2 aromatic heterocycles. The van der Waals surface area contributed by atoms with Crippen LogP contribution < -0.4 is 5.32 Å². The molecule has 7 nitrogen and oxygen atoms in total. The van der Waals surface area contributed by atoms with Crippen molar-refractivity contribution in [3.05, 3.63) is 66.4 Å². The Bertz CT molecular complexity index is 799. The molecule has 0 saturated carbocycles. The van der Waals surface area contributed by atoms with Gasteiger partial charge in [0.2, 0.25) is 0 Å². The number of carbonyl (C=O) groups is 1. The third-order valence-electron chi connectivity index (χ3n) is 3.26. The molecular formula is C17H17N5O2. The average Bonchev–Trinajstić information content (AvgIpc) is 3.10. The second kappa shape index (κ2) is 7.36. The molecule has 1 N–H and O–H groups in total. The van der Waals surface area contributed by atoms with Crippen molar-refractivity contribution in [1.82, 2.24) is 19.7 Å². The number of hydrogen-bond acceptors (Lipinski definition) is 6. The smallest absolute Gasteiger partial charge is 0.339 e. The van der Waals surface area contributed by atoms with Gasteiger partial charge in [-0.3, -0.25) is 0 Å². The highest BCUT2D eigenvalue weighted by atomic mass is 16.5. The molecule has 0 amide bonds. The lowest BCUT2D eigenvalue weighted by atomic mass is 10.3. The topological polar surface area (TPSA) is 81.9 Å². The minimum absolute atomic E-state index is 0.342. The fourth-order valence-electron chi connectivity index (χ4n) is 2.09. The summed E-state index contributed by atoms with van der Waals surface area (Å²) in [6.07, 6.45) is 3.15. The molecule has 3 rings (SSSR count). The van der Waals surface area contributed by atoms with Gasteiger partial charge < -0.3 is 10.1 Å². The van der Waals surface area contributed by atoms with Crippen LogP contribution in [0, 0.1) is 0 Å². The van der Waals surface area contributed by atoms with Crippen molar-refractivity contribution in [1.29, 1.82) is 0 Å². The number of nitrogens with zero attached hydrogens (tertiary/aromatic N) is 4. The van der Waals surface area contributed by atoms with Crippen LogP contribution in [0.3, 0.4) is 0 Å². The largest absolute Gasteiger partial charge is 0.462 e. The summed E-state index contributed by atoms with van der Waals surface area (Å²) in [6, 6.07) is 13.2. The van der Waals surface area contributed by atoms with E-state index in [9.17, 15) is 4.79 Å². The predicted molar refractivity (Wildman–Crippen MR) is 88.9 cm³/mol. The van der Waals surface area contributed by atoms with Crippen LogP contribution in [0.2, 0.25) is 0 Å². The molecule has 0 bridgehead atoms. The van der Waals surface area contributed by atoms with Crippen molar-refractivity contribution in [2.45, 2.75) is 13.5 Å². The Kier molecular flexibility index (Phi) is 4.81. The number of pyridine rings is 1. The van der Waals surface area contributed by atoms with E-state index in [4.69, 9.17) is 4.74 Å². The van der Waals surface area contributed by atoms with Crippen LogP contribution in [-0.2, 0) is 11.3 Å². The van der Waals surface area contributed by atoms with Gasteiger partial charge in [-0.1, -0.05) is 18.2 Å². The highest BCUT2D eigenvalue weighted by molar-refractivity contribution is 5.89. The number of esters is 1. The lowest BCUT2D eigenvalue weighted by molar-refractivity contribution is 0.0526. The van der Waals surface area contributed by atoms with E-state index in [1.54, 1.807) is 30.1 Å². The van der Waals surface area contributed by atoms with Crippen molar-refractivity contribution in [2.24, 2.45) is 0 Å². The second-order valence-corrected chi connectivity index (χ2v) is 4.95. The molecule has 122 valence electrons. The van der Waals surface area contributed by atoms with Crippen molar-refractivity contribution < 1.29 is 9.53 Å². The molecular weight excluding hydrogens is 306 g/mol. The normalized spacial score (nSPS) is 10.4. The molecule has 0 unspecified atom stereocenters. The first-order valence-corrected chi connectivity index (χ1v) is 7.59. The summed E-state index contributed by atoms with van der Waals surface area (Å²) in [5, 5.41) is 7.53. The Labute approximate surface area is 139 Å². The first kappa shape index (κ1) is 15.7. The lowest BCUT2D eigenvalue weighted by Gasteiger charge is -2.04. The van der Waals surface area contributed by atoms with Crippen molar-refractivity contribution in [3.8, 4) is 5.69 Å². The van der Waals surface area contributed by atoms with Gasteiger partial charge in [-0.05, 0) is 31.2 Å². The van der Waals surface area contributed by atoms with E-state index in [0.717, 1.165) is 5.69 Å². The van der Waals surface area contributed by atoms with Crippen LogP contribution in [0.25, 0.3) is 5.69 Å². The molecule has 24 heavy (non-hydrogen) atoms. The number of para-hydroxylation sites is 1. The van der Waals surface area contributed by atoms with E-state index in [0.29, 0.717) is 30.4 Å².